The molecule has 0 unspecified atom stereocenters. The van der Waals surface area contributed by atoms with Crippen molar-refractivity contribution in [3.63, 3.8) is 0 Å². The standard InChI is InChI=1S/C22H18Br2N2O3/c1-28-20-10-8-17(23)12-18(20)22(27)26-25-13-16-7-9-21(19(24)11-16)29-14-15-5-3-2-4-6-15/h2-13H,14H2,1H3,(H,26,27)/b25-13-. The van der Waals surface area contributed by atoms with Crippen molar-refractivity contribution in [1.82, 2.24) is 5.43 Å². The van der Waals surface area contributed by atoms with E-state index in [4.69, 9.17) is 9.47 Å². The summed E-state index contributed by atoms with van der Waals surface area (Å²) in [5, 5.41) is 4.03. The number of hydrazone groups is 1. The largest absolute Gasteiger partial charge is 0.496 e. The predicted molar refractivity (Wildman–Crippen MR) is 121 cm³/mol. The van der Waals surface area contributed by atoms with E-state index in [0.717, 1.165) is 25.8 Å². The zero-order valence-electron chi connectivity index (χ0n) is 15.6. The number of amides is 1. The third-order valence-corrected chi connectivity index (χ3v) is 5.09. The molecule has 0 saturated heterocycles. The van der Waals surface area contributed by atoms with Crippen molar-refractivity contribution in [2.75, 3.05) is 7.11 Å². The molecule has 0 saturated carbocycles. The van der Waals surface area contributed by atoms with E-state index < -0.39 is 0 Å². The molecule has 1 N–H and O–H groups in total. The van der Waals surface area contributed by atoms with Gasteiger partial charge in [-0.2, -0.15) is 5.10 Å². The van der Waals surface area contributed by atoms with Crippen LogP contribution in [0.3, 0.4) is 0 Å². The summed E-state index contributed by atoms with van der Waals surface area (Å²) in [5.41, 5.74) is 4.81. The first-order valence-electron chi connectivity index (χ1n) is 8.70. The van der Waals surface area contributed by atoms with Crippen LogP contribution in [-0.2, 0) is 6.61 Å². The first kappa shape index (κ1) is 21.1. The zero-order chi connectivity index (χ0) is 20.6. The van der Waals surface area contributed by atoms with Crippen LogP contribution in [0.1, 0.15) is 21.5 Å². The number of hydrogen-bond acceptors (Lipinski definition) is 4. The van der Waals surface area contributed by atoms with Crippen LogP contribution in [0, 0.1) is 0 Å². The highest BCUT2D eigenvalue weighted by molar-refractivity contribution is 9.10. The molecule has 0 fully saturated rings. The number of methoxy groups -OCH3 is 1. The van der Waals surface area contributed by atoms with Gasteiger partial charge in [-0.05, 0) is 63.5 Å². The molecule has 3 aromatic rings. The molecule has 3 rings (SSSR count). The minimum atomic E-state index is -0.360. The molecule has 0 aliphatic rings. The normalized spacial score (nSPS) is 10.7. The lowest BCUT2D eigenvalue weighted by molar-refractivity contribution is 0.0952. The number of benzene rings is 3. The maximum absolute atomic E-state index is 12.4. The van der Waals surface area contributed by atoms with Crippen molar-refractivity contribution in [3.05, 3.63) is 92.4 Å². The molecule has 1 amide bonds. The maximum atomic E-state index is 12.4. The predicted octanol–water partition coefficient (Wildman–Crippen LogP) is 5.56. The van der Waals surface area contributed by atoms with Crippen molar-refractivity contribution < 1.29 is 14.3 Å². The fourth-order valence-corrected chi connectivity index (χ4v) is 3.41. The van der Waals surface area contributed by atoms with E-state index in [9.17, 15) is 4.79 Å². The SMILES string of the molecule is COc1ccc(Br)cc1C(=O)N/N=C\c1ccc(OCc2ccccc2)c(Br)c1. The molecule has 0 atom stereocenters. The summed E-state index contributed by atoms with van der Waals surface area (Å²) in [6.45, 7) is 0.484. The molecule has 0 bridgehead atoms. The number of nitrogens with zero attached hydrogens (tertiary/aromatic N) is 1. The van der Waals surface area contributed by atoms with Gasteiger partial charge in [0.15, 0.2) is 0 Å². The molecule has 29 heavy (non-hydrogen) atoms. The van der Waals surface area contributed by atoms with E-state index in [1.807, 2.05) is 48.5 Å². The molecular weight excluding hydrogens is 500 g/mol. The molecule has 0 heterocycles. The average Bonchev–Trinajstić information content (AvgIpc) is 2.73. The summed E-state index contributed by atoms with van der Waals surface area (Å²) >= 11 is 6.86. The topological polar surface area (TPSA) is 59.9 Å². The lowest BCUT2D eigenvalue weighted by Gasteiger charge is -2.09. The summed E-state index contributed by atoms with van der Waals surface area (Å²) in [7, 11) is 1.52. The summed E-state index contributed by atoms with van der Waals surface area (Å²) in [6, 6.07) is 20.7. The second kappa shape index (κ2) is 10.2. The quantitative estimate of drug-likeness (QED) is 0.329. The molecule has 0 spiro atoms. The minimum absolute atomic E-state index is 0.360. The van der Waals surface area contributed by atoms with Gasteiger partial charge in [0.1, 0.15) is 18.1 Å². The van der Waals surface area contributed by atoms with Gasteiger partial charge in [-0.1, -0.05) is 46.3 Å². The fourth-order valence-electron chi connectivity index (χ4n) is 2.53. The average molecular weight is 518 g/mol. The second-order valence-electron chi connectivity index (χ2n) is 6.01. The van der Waals surface area contributed by atoms with Crippen molar-refractivity contribution in [1.29, 1.82) is 0 Å². The van der Waals surface area contributed by atoms with Crippen molar-refractivity contribution >= 4 is 44.0 Å². The van der Waals surface area contributed by atoms with Gasteiger partial charge in [0.2, 0.25) is 0 Å². The van der Waals surface area contributed by atoms with Gasteiger partial charge in [0, 0.05) is 4.47 Å². The van der Waals surface area contributed by atoms with Gasteiger partial charge in [0.25, 0.3) is 5.91 Å². The first-order chi connectivity index (χ1) is 14.1. The Labute approximate surface area is 186 Å². The van der Waals surface area contributed by atoms with Gasteiger partial charge in [0.05, 0.1) is 23.4 Å². The molecule has 0 aromatic heterocycles. The molecule has 5 nitrogen and oxygen atoms in total. The Kier molecular flexibility index (Phi) is 7.43. The van der Waals surface area contributed by atoms with Gasteiger partial charge >= 0.3 is 0 Å². The maximum Gasteiger partial charge on any atom is 0.275 e. The van der Waals surface area contributed by atoms with Crippen LogP contribution in [0.25, 0.3) is 0 Å². The van der Waals surface area contributed by atoms with E-state index in [1.54, 1.807) is 24.4 Å². The molecule has 0 aliphatic heterocycles. The molecular formula is C22H18Br2N2O3. The third-order valence-electron chi connectivity index (χ3n) is 3.98. The van der Waals surface area contributed by atoms with Gasteiger partial charge in [-0.15, -0.1) is 0 Å². The van der Waals surface area contributed by atoms with Gasteiger partial charge in [-0.25, -0.2) is 5.43 Å². The lowest BCUT2D eigenvalue weighted by Crippen LogP contribution is -2.18. The van der Waals surface area contributed by atoms with Crippen LogP contribution in [0.4, 0.5) is 0 Å². The molecule has 3 aromatic carbocycles. The van der Waals surface area contributed by atoms with Crippen LogP contribution in [0.2, 0.25) is 0 Å². The smallest absolute Gasteiger partial charge is 0.275 e. The van der Waals surface area contributed by atoms with Gasteiger partial charge in [-0.3, -0.25) is 4.79 Å². The van der Waals surface area contributed by atoms with E-state index in [0.29, 0.717) is 17.9 Å². The Morgan fingerprint density at radius 3 is 2.52 bits per heavy atom. The highest BCUT2D eigenvalue weighted by Gasteiger charge is 2.12. The van der Waals surface area contributed by atoms with Crippen molar-refractivity contribution in [3.8, 4) is 11.5 Å². The number of hydrogen-bond donors (Lipinski definition) is 1. The minimum Gasteiger partial charge on any atom is -0.496 e. The fraction of sp³-hybridized carbons (Fsp3) is 0.0909. The monoisotopic (exact) mass is 516 g/mol. The Hall–Kier alpha value is -2.64. The van der Waals surface area contributed by atoms with Crippen molar-refractivity contribution in [2.45, 2.75) is 6.61 Å². The molecule has 7 heteroatoms. The number of nitrogens with one attached hydrogen (secondary N) is 1. The number of carbonyl (C=O) groups excluding carboxylic acids is 1. The van der Waals surface area contributed by atoms with E-state index >= 15 is 0 Å². The number of ether oxygens (including phenoxy) is 2. The Balaban J connectivity index is 1.61. The number of carbonyl (C=O) groups is 1. The third kappa shape index (κ3) is 5.92. The summed E-state index contributed by atoms with van der Waals surface area (Å²) < 4.78 is 12.6. The van der Waals surface area contributed by atoms with Crippen LogP contribution >= 0.6 is 31.9 Å². The Bertz CT molecular complexity index is 1020. The number of halogens is 2. The molecule has 148 valence electrons. The van der Waals surface area contributed by atoms with Gasteiger partial charge < -0.3 is 9.47 Å². The van der Waals surface area contributed by atoms with Crippen molar-refractivity contribution in [2.24, 2.45) is 5.10 Å². The first-order valence-corrected chi connectivity index (χ1v) is 10.3. The van der Waals surface area contributed by atoms with E-state index in [1.165, 1.54) is 7.11 Å². The van der Waals surface area contributed by atoms with Crippen LogP contribution in [0.5, 0.6) is 11.5 Å². The van der Waals surface area contributed by atoms with Crippen LogP contribution in [-0.4, -0.2) is 19.2 Å². The summed E-state index contributed by atoms with van der Waals surface area (Å²) in [4.78, 5) is 12.4. The van der Waals surface area contributed by atoms with Crippen LogP contribution < -0.4 is 14.9 Å². The lowest BCUT2D eigenvalue weighted by atomic mass is 10.2. The Morgan fingerprint density at radius 2 is 1.79 bits per heavy atom. The molecule has 0 aliphatic carbocycles. The summed E-state index contributed by atoms with van der Waals surface area (Å²) in [6.07, 6.45) is 1.56. The second-order valence-corrected chi connectivity index (χ2v) is 7.78. The van der Waals surface area contributed by atoms with Crippen LogP contribution in [0.15, 0.2) is 80.8 Å². The van der Waals surface area contributed by atoms with E-state index in [-0.39, 0.29) is 5.91 Å². The highest BCUT2D eigenvalue weighted by Crippen LogP contribution is 2.26. The summed E-state index contributed by atoms with van der Waals surface area (Å²) in [5.74, 6) is 0.846. The Morgan fingerprint density at radius 1 is 1.03 bits per heavy atom. The number of rotatable bonds is 7. The molecule has 0 radical (unpaired) electrons. The van der Waals surface area contributed by atoms with E-state index in [2.05, 4.69) is 42.4 Å². The zero-order valence-corrected chi connectivity index (χ0v) is 18.7. The highest BCUT2D eigenvalue weighted by atomic mass is 79.9.